The molecular formula is C20H17ClN2O5S. The SMILES string of the molecule is CN(O)C(=O)C=Cc1nc(-c2ccc(Cl)cc2)c(-c2ccccc2S(C)(=O)=O)o1. The Balaban J connectivity index is 2.20. The number of oxazole rings is 1. The van der Waals surface area contributed by atoms with Crippen LogP contribution in [0.4, 0.5) is 0 Å². The quantitative estimate of drug-likeness (QED) is 0.372. The first-order valence-electron chi connectivity index (χ1n) is 8.37. The molecule has 1 aromatic heterocycles. The van der Waals surface area contributed by atoms with E-state index >= 15 is 0 Å². The topological polar surface area (TPSA) is 101 Å². The number of likely N-dealkylation sites (N-methyl/N-ethyl adjacent to an activating group) is 1. The Morgan fingerprint density at radius 1 is 1.17 bits per heavy atom. The minimum atomic E-state index is -3.54. The average Bonchev–Trinajstić information content (AvgIpc) is 3.10. The molecule has 0 aliphatic rings. The lowest BCUT2D eigenvalue weighted by atomic mass is 10.1. The summed E-state index contributed by atoms with van der Waals surface area (Å²) in [5.74, 6) is -0.365. The van der Waals surface area contributed by atoms with Crippen LogP contribution in [0.3, 0.4) is 0 Å². The third kappa shape index (κ3) is 4.73. The minimum Gasteiger partial charge on any atom is -0.436 e. The number of nitrogens with zero attached hydrogens (tertiary/aromatic N) is 2. The molecule has 1 heterocycles. The highest BCUT2D eigenvalue weighted by Gasteiger charge is 2.22. The van der Waals surface area contributed by atoms with Crippen LogP contribution in [0, 0.1) is 0 Å². The van der Waals surface area contributed by atoms with Crippen molar-refractivity contribution in [2.75, 3.05) is 13.3 Å². The summed E-state index contributed by atoms with van der Waals surface area (Å²) in [6, 6.07) is 13.2. The van der Waals surface area contributed by atoms with Gasteiger partial charge in [0.1, 0.15) is 5.69 Å². The molecule has 0 spiro atoms. The van der Waals surface area contributed by atoms with Crippen LogP contribution in [0.1, 0.15) is 5.89 Å². The molecule has 150 valence electrons. The molecule has 29 heavy (non-hydrogen) atoms. The lowest BCUT2D eigenvalue weighted by Crippen LogP contribution is -2.19. The lowest BCUT2D eigenvalue weighted by molar-refractivity contribution is -0.153. The molecule has 3 rings (SSSR count). The predicted octanol–water partition coefficient (Wildman–Crippen LogP) is 3.93. The monoisotopic (exact) mass is 432 g/mol. The van der Waals surface area contributed by atoms with E-state index in [-0.39, 0.29) is 16.5 Å². The van der Waals surface area contributed by atoms with Crippen LogP contribution in [0.25, 0.3) is 28.7 Å². The van der Waals surface area contributed by atoms with Crippen molar-refractivity contribution in [3.05, 3.63) is 65.5 Å². The molecule has 7 nitrogen and oxygen atoms in total. The van der Waals surface area contributed by atoms with Gasteiger partial charge in [0, 0.05) is 41.6 Å². The Bertz CT molecular complexity index is 1180. The average molecular weight is 433 g/mol. The van der Waals surface area contributed by atoms with E-state index in [1.807, 2.05) is 0 Å². The molecule has 0 unspecified atom stereocenters. The molecule has 3 aromatic rings. The Morgan fingerprint density at radius 3 is 2.45 bits per heavy atom. The summed E-state index contributed by atoms with van der Waals surface area (Å²) in [5, 5.41) is 10.1. The minimum absolute atomic E-state index is 0.0726. The molecule has 0 aliphatic carbocycles. The molecule has 0 radical (unpaired) electrons. The fourth-order valence-corrected chi connectivity index (χ4v) is 3.63. The number of hydrogen-bond donors (Lipinski definition) is 1. The zero-order valence-electron chi connectivity index (χ0n) is 15.5. The Morgan fingerprint density at radius 2 is 1.83 bits per heavy atom. The maximum atomic E-state index is 12.2. The van der Waals surface area contributed by atoms with Crippen LogP contribution in [-0.4, -0.2) is 42.9 Å². The summed E-state index contributed by atoms with van der Waals surface area (Å²) in [6.07, 6.45) is 3.49. The van der Waals surface area contributed by atoms with Crippen molar-refractivity contribution in [2.45, 2.75) is 4.90 Å². The van der Waals surface area contributed by atoms with Crippen LogP contribution < -0.4 is 0 Å². The van der Waals surface area contributed by atoms with Crippen molar-refractivity contribution < 1.29 is 22.8 Å². The van der Waals surface area contributed by atoms with Crippen molar-refractivity contribution in [2.24, 2.45) is 0 Å². The van der Waals surface area contributed by atoms with Gasteiger partial charge in [0.15, 0.2) is 15.6 Å². The second-order valence-electron chi connectivity index (χ2n) is 6.20. The van der Waals surface area contributed by atoms with Gasteiger partial charge in [0.2, 0.25) is 5.89 Å². The van der Waals surface area contributed by atoms with Crippen molar-refractivity contribution in [3.63, 3.8) is 0 Å². The van der Waals surface area contributed by atoms with Crippen molar-refractivity contribution in [1.29, 1.82) is 0 Å². The van der Waals surface area contributed by atoms with E-state index in [1.165, 1.54) is 19.2 Å². The molecule has 0 aliphatic heterocycles. The fraction of sp³-hybridized carbons (Fsp3) is 0.100. The summed E-state index contributed by atoms with van der Waals surface area (Å²) in [4.78, 5) is 16.1. The summed E-state index contributed by atoms with van der Waals surface area (Å²) in [6.45, 7) is 0. The van der Waals surface area contributed by atoms with Gasteiger partial charge in [0.05, 0.1) is 4.90 Å². The first-order valence-corrected chi connectivity index (χ1v) is 10.6. The molecule has 1 amide bonds. The molecule has 2 aromatic carbocycles. The number of hydroxylamine groups is 2. The third-order valence-corrected chi connectivity index (χ3v) is 5.39. The van der Waals surface area contributed by atoms with E-state index < -0.39 is 15.7 Å². The van der Waals surface area contributed by atoms with Gasteiger partial charge >= 0.3 is 0 Å². The number of halogens is 1. The van der Waals surface area contributed by atoms with Crippen LogP contribution in [-0.2, 0) is 14.6 Å². The van der Waals surface area contributed by atoms with Gasteiger partial charge in [0.25, 0.3) is 5.91 Å². The van der Waals surface area contributed by atoms with E-state index in [0.29, 0.717) is 26.9 Å². The highest BCUT2D eigenvalue weighted by atomic mass is 35.5. The Labute approximate surface area is 172 Å². The number of carbonyl (C=O) groups is 1. The van der Waals surface area contributed by atoms with Crippen LogP contribution in [0.15, 0.2) is 63.9 Å². The number of rotatable bonds is 5. The molecular weight excluding hydrogens is 416 g/mol. The molecule has 0 saturated carbocycles. The first kappa shape index (κ1) is 20.8. The van der Waals surface area contributed by atoms with Gasteiger partial charge in [-0.2, -0.15) is 0 Å². The number of carbonyl (C=O) groups excluding carboxylic acids is 1. The predicted molar refractivity (Wildman–Crippen MR) is 109 cm³/mol. The van der Waals surface area contributed by atoms with E-state index in [1.54, 1.807) is 42.5 Å². The maximum Gasteiger partial charge on any atom is 0.269 e. The zero-order chi connectivity index (χ0) is 21.2. The highest BCUT2D eigenvalue weighted by molar-refractivity contribution is 7.90. The second kappa shape index (κ2) is 8.20. The summed E-state index contributed by atoms with van der Waals surface area (Å²) in [5.41, 5.74) is 1.39. The molecule has 9 heteroatoms. The number of amides is 1. The summed E-state index contributed by atoms with van der Waals surface area (Å²) < 4.78 is 30.3. The van der Waals surface area contributed by atoms with Gasteiger partial charge in [-0.05, 0) is 24.3 Å². The molecule has 0 atom stereocenters. The summed E-state index contributed by atoms with van der Waals surface area (Å²) in [7, 11) is -2.35. The van der Waals surface area contributed by atoms with E-state index in [9.17, 15) is 13.2 Å². The van der Waals surface area contributed by atoms with Crippen LogP contribution >= 0.6 is 11.6 Å². The van der Waals surface area contributed by atoms with Crippen LogP contribution in [0.2, 0.25) is 5.02 Å². The summed E-state index contributed by atoms with van der Waals surface area (Å²) >= 11 is 5.96. The second-order valence-corrected chi connectivity index (χ2v) is 8.62. The third-order valence-electron chi connectivity index (χ3n) is 3.98. The number of hydrogen-bond acceptors (Lipinski definition) is 6. The number of sulfone groups is 1. The smallest absolute Gasteiger partial charge is 0.269 e. The van der Waals surface area contributed by atoms with Gasteiger partial charge in [-0.15, -0.1) is 0 Å². The van der Waals surface area contributed by atoms with Gasteiger partial charge in [-0.3, -0.25) is 10.0 Å². The Kier molecular flexibility index (Phi) is 5.88. The molecule has 0 saturated heterocycles. The van der Waals surface area contributed by atoms with Crippen molar-refractivity contribution in [3.8, 4) is 22.6 Å². The number of benzene rings is 2. The van der Waals surface area contributed by atoms with Gasteiger partial charge in [-0.1, -0.05) is 35.9 Å². The Hall–Kier alpha value is -2.94. The van der Waals surface area contributed by atoms with Gasteiger partial charge < -0.3 is 4.42 Å². The maximum absolute atomic E-state index is 12.2. The molecule has 0 bridgehead atoms. The zero-order valence-corrected chi connectivity index (χ0v) is 17.1. The highest BCUT2D eigenvalue weighted by Crippen LogP contribution is 2.36. The van der Waals surface area contributed by atoms with Crippen LogP contribution in [0.5, 0.6) is 0 Å². The first-order chi connectivity index (χ1) is 13.7. The van der Waals surface area contributed by atoms with E-state index in [0.717, 1.165) is 12.3 Å². The normalized spacial score (nSPS) is 11.7. The molecule has 1 N–H and O–H groups in total. The molecule has 0 fully saturated rings. The largest absolute Gasteiger partial charge is 0.436 e. The van der Waals surface area contributed by atoms with E-state index in [2.05, 4.69) is 4.98 Å². The van der Waals surface area contributed by atoms with Crippen molar-refractivity contribution >= 4 is 33.4 Å². The fourth-order valence-electron chi connectivity index (χ4n) is 2.62. The van der Waals surface area contributed by atoms with E-state index in [4.69, 9.17) is 21.2 Å². The standard InChI is InChI=1S/C20H17ClN2O5S/c1-23(25)18(24)12-11-17-22-19(13-7-9-14(21)10-8-13)20(28-17)15-5-3-4-6-16(15)29(2,26)27/h3-12,25H,1-2H3. The van der Waals surface area contributed by atoms with Gasteiger partial charge in [-0.25, -0.2) is 18.5 Å². The number of aromatic nitrogens is 1. The lowest BCUT2D eigenvalue weighted by Gasteiger charge is -2.07. The van der Waals surface area contributed by atoms with Crippen molar-refractivity contribution in [1.82, 2.24) is 10.0 Å².